The van der Waals surface area contributed by atoms with E-state index in [0.29, 0.717) is 12.4 Å². The first kappa shape index (κ1) is 10.4. The second kappa shape index (κ2) is 3.92. The van der Waals surface area contributed by atoms with Crippen LogP contribution in [0.2, 0.25) is 0 Å². The van der Waals surface area contributed by atoms with Crippen molar-refractivity contribution in [3.8, 4) is 11.5 Å². The van der Waals surface area contributed by atoms with E-state index >= 15 is 0 Å². The van der Waals surface area contributed by atoms with Gasteiger partial charge in [-0.15, -0.1) is 0 Å². The highest BCUT2D eigenvalue weighted by Gasteiger charge is 2.39. The Balaban J connectivity index is 1.82. The fraction of sp³-hybridized carbons (Fsp3) is 0.417. The lowest BCUT2D eigenvalue weighted by Crippen LogP contribution is -2.13. The zero-order chi connectivity index (χ0) is 11.8. The number of fused-ring (bicyclic) bond motifs is 3. The number of rotatable bonds is 3. The summed E-state index contributed by atoms with van der Waals surface area (Å²) in [5.41, 5.74) is 1.05. The molecule has 1 saturated heterocycles. The van der Waals surface area contributed by atoms with Crippen LogP contribution in [-0.4, -0.2) is 30.6 Å². The van der Waals surface area contributed by atoms with Crippen molar-refractivity contribution >= 4 is 5.97 Å². The molecule has 2 aliphatic heterocycles. The highest BCUT2D eigenvalue weighted by atomic mass is 16.7. The van der Waals surface area contributed by atoms with Crippen LogP contribution in [0, 0.1) is 0 Å². The fourth-order valence-corrected chi connectivity index (χ4v) is 2.27. The molecule has 3 rings (SSSR count). The maximum atomic E-state index is 10.4. The van der Waals surface area contributed by atoms with E-state index in [1.807, 2.05) is 6.07 Å². The summed E-state index contributed by atoms with van der Waals surface area (Å²) < 4.78 is 16.2. The first-order valence-corrected chi connectivity index (χ1v) is 5.51. The molecule has 0 spiro atoms. The standard InChI is InChI=1S/C12H12O5/c13-11(14)6-16-7-1-2-10-9(5-7)8-3-4-15-12(8)17-10/h1-2,5,8,12H,3-4,6H2,(H,13,14)/t8-,12-/m1/s1. The second-order valence-electron chi connectivity index (χ2n) is 4.13. The Morgan fingerprint density at radius 3 is 3.24 bits per heavy atom. The van der Waals surface area contributed by atoms with Crippen molar-refractivity contribution in [3.63, 3.8) is 0 Å². The molecule has 2 aliphatic rings. The van der Waals surface area contributed by atoms with Crippen LogP contribution in [-0.2, 0) is 9.53 Å². The van der Waals surface area contributed by atoms with Crippen LogP contribution in [0.15, 0.2) is 18.2 Å². The Hall–Kier alpha value is -1.75. The van der Waals surface area contributed by atoms with Gasteiger partial charge in [-0.1, -0.05) is 0 Å². The minimum absolute atomic E-state index is 0.181. The summed E-state index contributed by atoms with van der Waals surface area (Å²) in [7, 11) is 0. The number of carbonyl (C=O) groups is 1. The summed E-state index contributed by atoms with van der Waals surface area (Å²) in [6, 6.07) is 5.36. The lowest BCUT2D eigenvalue weighted by Gasteiger charge is -2.06. The molecule has 17 heavy (non-hydrogen) atoms. The van der Waals surface area contributed by atoms with E-state index in [9.17, 15) is 4.79 Å². The molecule has 0 unspecified atom stereocenters. The summed E-state index contributed by atoms with van der Waals surface area (Å²) >= 11 is 0. The predicted molar refractivity (Wildman–Crippen MR) is 57.3 cm³/mol. The van der Waals surface area contributed by atoms with Crippen LogP contribution >= 0.6 is 0 Å². The molecule has 2 heterocycles. The normalized spacial score (nSPS) is 24.9. The monoisotopic (exact) mass is 236 g/mol. The van der Waals surface area contributed by atoms with Crippen LogP contribution in [0.3, 0.4) is 0 Å². The minimum atomic E-state index is -0.983. The quantitative estimate of drug-likeness (QED) is 0.858. The van der Waals surface area contributed by atoms with E-state index in [4.69, 9.17) is 19.3 Å². The van der Waals surface area contributed by atoms with Crippen LogP contribution in [0.4, 0.5) is 0 Å². The molecule has 2 atom stereocenters. The summed E-state index contributed by atoms with van der Waals surface area (Å²) in [6.07, 6.45) is 0.750. The van der Waals surface area contributed by atoms with Crippen molar-refractivity contribution in [1.82, 2.24) is 0 Å². The van der Waals surface area contributed by atoms with E-state index in [1.54, 1.807) is 12.1 Å². The molecule has 1 aromatic carbocycles. The highest BCUT2D eigenvalue weighted by molar-refractivity contribution is 5.68. The number of hydrogen-bond acceptors (Lipinski definition) is 4. The molecule has 0 amide bonds. The van der Waals surface area contributed by atoms with Gasteiger partial charge >= 0.3 is 5.97 Å². The molecule has 0 aromatic heterocycles. The van der Waals surface area contributed by atoms with Crippen LogP contribution in [0.5, 0.6) is 11.5 Å². The zero-order valence-electron chi connectivity index (χ0n) is 9.09. The Morgan fingerprint density at radius 1 is 1.53 bits per heavy atom. The first-order valence-electron chi connectivity index (χ1n) is 5.51. The summed E-state index contributed by atoms with van der Waals surface area (Å²) in [5, 5.41) is 8.55. The van der Waals surface area contributed by atoms with E-state index in [0.717, 1.165) is 17.7 Å². The molecule has 5 nitrogen and oxygen atoms in total. The lowest BCUT2D eigenvalue weighted by atomic mass is 9.98. The van der Waals surface area contributed by atoms with Crippen molar-refractivity contribution in [3.05, 3.63) is 23.8 Å². The molecule has 1 fully saturated rings. The van der Waals surface area contributed by atoms with Gasteiger partial charge in [0.1, 0.15) is 11.5 Å². The molecule has 1 aromatic rings. The number of ether oxygens (including phenoxy) is 3. The second-order valence-corrected chi connectivity index (χ2v) is 4.13. The molecule has 90 valence electrons. The maximum Gasteiger partial charge on any atom is 0.341 e. The Morgan fingerprint density at radius 2 is 2.41 bits per heavy atom. The lowest BCUT2D eigenvalue weighted by molar-refractivity contribution is -0.139. The van der Waals surface area contributed by atoms with Crippen LogP contribution in [0.25, 0.3) is 0 Å². The number of carboxylic acids is 1. The van der Waals surface area contributed by atoms with E-state index in [2.05, 4.69) is 0 Å². The molecular weight excluding hydrogens is 224 g/mol. The topological polar surface area (TPSA) is 65.0 Å². The van der Waals surface area contributed by atoms with Gasteiger partial charge in [-0.05, 0) is 24.6 Å². The van der Waals surface area contributed by atoms with Crippen molar-refractivity contribution in [2.45, 2.75) is 18.6 Å². The van der Waals surface area contributed by atoms with Gasteiger partial charge < -0.3 is 19.3 Å². The van der Waals surface area contributed by atoms with Crippen molar-refractivity contribution in [1.29, 1.82) is 0 Å². The van der Waals surface area contributed by atoms with E-state index in [1.165, 1.54) is 0 Å². The molecule has 0 saturated carbocycles. The average Bonchev–Trinajstić information content (AvgIpc) is 2.86. The Kier molecular flexibility index (Phi) is 2.40. The fourth-order valence-electron chi connectivity index (χ4n) is 2.27. The van der Waals surface area contributed by atoms with Gasteiger partial charge in [-0.25, -0.2) is 4.79 Å². The minimum Gasteiger partial charge on any atom is -0.482 e. The molecule has 0 aliphatic carbocycles. The summed E-state index contributed by atoms with van der Waals surface area (Å²) in [6.45, 7) is 0.374. The van der Waals surface area contributed by atoms with Crippen molar-refractivity contribution in [2.75, 3.05) is 13.2 Å². The molecular formula is C12H12O5. The largest absolute Gasteiger partial charge is 0.482 e. The van der Waals surface area contributed by atoms with Gasteiger partial charge in [0.05, 0.1) is 12.5 Å². The maximum absolute atomic E-state index is 10.4. The Bertz CT molecular complexity index is 456. The van der Waals surface area contributed by atoms with E-state index < -0.39 is 5.97 Å². The summed E-state index contributed by atoms with van der Waals surface area (Å²) in [5.74, 6) is 0.631. The third-order valence-corrected chi connectivity index (χ3v) is 3.03. The number of aliphatic carboxylic acids is 1. The smallest absolute Gasteiger partial charge is 0.341 e. The third-order valence-electron chi connectivity index (χ3n) is 3.03. The zero-order valence-corrected chi connectivity index (χ0v) is 9.09. The predicted octanol–water partition coefficient (Wildman–Crippen LogP) is 1.37. The number of carboxylic acid groups (broad SMARTS) is 1. The van der Waals surface area contributed by atoms with Crippen LogP contribution < -0.4 is 9.47 Å². The van der Waals surface area contributed by atoms with Gasteiger partial charge in [0.25, 0.3) is 0 Å². The van der Waals surface area contributed by atoms with Crippen molar-refractivity contribution in [2.24, 2.45) is 0 Å². The van der Waals surface area contributed by atoms with Crippen LogP contribution in [0.1, 0.15) is 17.9 Å². The summed E-state index contributed by atoms with van der Waals surface area (Å²) in [4.78, 5) is 10.4. The number of hydrogen-bond donors (Lipinski definition) is 1. The molecule has 1 N–H and O–H groups in total. The van der Waals surface area contributed by atoms with Crippen molar-refractivity contribution < 1.29 is 24.1 Å². The Labute approximate surface area is 97.9 Å². The average molecular weight is 236 g/mol. The van der Waals surface area contributed by atoms with E-state index in [-0.39, 0.29) is 18.8 Å². The van der Waals surface area contributed by atoms with Gasteiger partial charge in [0, 0.05) is 5.56 Å². The number of benzene rings is 1. The molecule has 0 radical (unpaired) electrons. The third kappa shape index (κ3) is 1.82. The van der Waals surface area contributed by atoms with Gasteiger partial charge in [0.15, 0.2) is 6.61 Å². The SMILES string of the molecule is O=C(O)COc1ccc2c(c1)[C@H]1CCO[C@@H]1O2. The first-order chi connectivity index (χ1) is 8.24. The highest BCUT2D eigenvalue weighted by Crippen LogP contribution is 2.45. The molecule has 0 bridgehead atoms. The van der Waals surface area contributed by atoms with Gasteiger partial charge in [-0.2, -0.15) is 0 Å². The van der Waals surface area contributed by atoms with Gasteiger partial charge in [0.2, 0.25) is 6.29 Å². The van der Waals surface area contributed by atoms with Gasteiger partial charge in [-0.3, -0.25) is 0 Å². The molecule has 5 heteroatoms.